The second kappa shape index (κ2) is 8.77. The van der Waals surface area contributed by atoms with Crippen molar-refractivity contribution >= 4 is 17.6 Å². The first-order valence-electron chi connectivity index (χ1n) is 9.88. The molecule has 1 unspecified atom stereocenters. The highest BCUT2D eigenvalue weighted by Gasteiger charge is 2.30. The Morgan fingerprint density at radius 2 is 1.70 bits per heavy atom. The third kappa shape index (κ3) is 5.20. The third-order valence-electron chi connectivity index (χ3n) is 4.88. The molecule has 1 atom stereocenters. The lowest BCUT2D eigenvalue weighted by Crippen LogP contribution is -2.30. The summed E-state index contributed by atoms with van der Waals surface area (Å²) in [4.78, 5) is 32.1. The van der Waals surface area contributed by atoms with Gasteiger partial charge in [0.05, 0.1) is 5.56 Å². The lowest BCUT2D eigenvalue weighted by atomic mass is 10.2. The maximum absolute atomic E-state index is 12.7. The number of carbonyl (C=O) groups is 2. The topological polar surface area (TPSA) is 119 Å². The predicted octanol–water partition coefficient (Wildman–Crippen LogP) is 3.35. The van der Waals surface area contributed by atoms with Crippen LogP contribution in [0.25, 0.3) is 11.4 Å². The first-order chi connectivity index (χ1) is 15.7. The number of hydrogen-bond acceptors (Lipinski definition) is 6. The molecular weight excluding hydrogens is 439 g/mol. The van der Waals surface area contributed by atoms with Gasteiger partial charge < -0.3 is 21.1 Å². The summed E-state index contributed by atoms with van der Waals surface area (Å²) >= 11 is 0. The highest BCUT2D eigenvalue weighted by Crippen LogP contribution is 2.32. The van der Waals surface area contributed by atoms with E-state index in [0.29, 0.717) is 24.3 Å². The molecule has 170 valence electrons. The van der Waals surface area contributed by atoms with E-state index >= 15 is 0 Å². The molecule has 0 bridgehead atoms. The Bertz CT molecular complexity index is 1180. The molecule has 3 aromatic rings. The van der Waals surface area contributed by atoms with Crippen LogP contribution in [0.15, 0.2) is 54.6 Å². The van der Waals surface area contributed by atoms with Gasteiger partial charge in [-0.1, -0.05) is 0 Å². The highest BCUT2D eigenvalue weighted by molar-refractivity contribution is 5.92. The molecule has 1 aliphatic heterocycles. The number of alkyl halides is 3. The minimum atomic E-state index is -4.42. The molecule has 1 aromatic heterocycles. The lowest BCUT2D eigenvalue weighted by molar-refractivity contribution is -0.137. The molecule has 1 saturated heterocycles. The summed E-state index contributed by atoms with van der Waals surface area (Å²) in [6.45, 7) is 0.539. The fraction of sp³-hybridized carbons (Fsp3) is 0.182. The van der Waals surface area contributed by atoms with Crippen molar-refractivity contribution < 1.29 is 27.5 Å². The zero-order chi connectivity index (χ0) is 23.6. The fourth-order valence-corrected chi connectivity index (χ4v) is 3.21. The summed E-state index contributed by atoms with van der Waals surface area (Å²) in [7, 11) is 0. The molecule has 1 fully saturated rings. The largest absolute Gasteiger partial charge is 0.457 e. The Morgan fingerprint density at radius 3 is 2.24 bits per heavy atom. The van der Waals surface area contributed by atoms with E-state index in [1.807, 2.05) is 0 Å². The quantitative estimate of drug-likeness (QED) is 0.522. The second-order valence-corrected chi connectivity index (χ2v) is 7.25. The Balaban J connectivity index is 1.54. The number of rotatable bonds is 6. The Morgan fingerprint density at radius 1 is 1.06 bits per heavy atom. The van der Waals surface area contributed by atoms with Crippen LogP contribution in [0.5, 0.6) is 11.5 Å². The molecule has 0 radical (unpaired) electrons. The van der Waals surface area contributed by atoms with Gasteiger partial charge in [-0.25, -0.2) is 9.97 Å². The van der Waals surface area contributed by atoms with E-state index in [-0.39, 0.29) is 29.0 Å². The van der Waals surface area contributed by atoms with Gasteiger partial charge in [-0.2, -0.15) is 13.2 Å². The van der Waals surface area contributed by atoms with Crippen molar-refractivity contribution in [1.29, 1.82) is 0 Å². The summed E-state index contributed by atoms with van der Waals surface area (Å²) in [5.41, 5.74) is 5.13. The lowest BCUT2D eigenvalue weighted by Gasteiger charge is -2.13. The van der Waals surface area contributed by atoms with Crippen LogP contribution < -0.4 is 21.1 Å². The maximum Gasteiger partial charge on any atom is 0.416 e. The molecule has 11 heteroatoms. The molecule has 1 aliphatic rings. The average molecular weight is 457 g/mol. The van der Waals surface area contributed by atoms with E-state index in [2.05, 4.69) is 20.6 Å². The van der Waals surface area contributed by atoms with Crippen LogP contribution in [-0.4, -0.2) is 34.4 Å². The zero-order valence-corrected chi connectivity index (χ0v) is 17.0. The minimum absolute atomic E-state index is 0.0222. The van der Waals surface area contributed by atoms with Gasteiger partial charge in [-0.15, -0.1) is 0 Å². The SMILES string of the molecule is NC(=O)c1cc(NC2CCNC2=O)nc(-c2ccc(Oc3ccc(C(F)(F)F)cc3)cc2)n1. The maximum atomic E-state index is 12.7. The van der Waals surface area contributed by atoms with E-state index < -0.39 is 23.7 Å². The van der Waals surface area contributed by atoms with Gasteiger partial charge in [0, 0.05) is 18.2 Å². The highest BCUT2D eigenvalue weighted by atomic mass is 19.4. The Kier molecular flexibility index (Phi) is 5.86. The van der Waals surface area contributed by atoms with Crippen molar-refractivity contribution in [3.05, 3.63) is 65.9 Å². The number of halogens is 3. The van der Waals surface area contributed by atoms with Crippen molar-refractivity contribution in [1.82, 2.24) is 15.3 Å². The first kappa shape index (κ1) is 22.1. The average Bonchev–Trinajstić information content (AvgIpc) is 3.18. The van der Waals surface area contributed by atoms with Gasteiger partial charge in [0.25, 0.3) is 5.91 Å². The molecule has 33 heavy (non-hydrogen) atoms. The predicted molar refractivity (Wildman–Crippen MR) is 113 cm³/mol. The van der Waals surface area contributed by atoms with Crippen LogP contribution in [0.4, 0.5) is 19.0 Å². The van der Waals surface area contributed by atoms with E-state index in [1.165, 1.54) is 18.2 Å². The standard InChI is InChI=1S/C22H18F3N5O3/c23-22(24,25)13-3-7-15(8-4-13)33-14-5-1-12(2-6-14)20-29-17(19(26)31)11-18(30-20)28-16-9-10-27-21(16)32/h1-8,11,16H,9-10H2,(H2,26,31)(H,27,32)(H,28,29,30). The van der Waals surface area contributed by atoms with Crippen LogP contribution in [-0.2, 0) is 11.0 Å². The van der Waals surface area contributed by atoms with Crippen molar-refractivity contribution in [2.24, 2.45) is 5.73 Å². The van der Waals surface area contributed by atoms with E-state index in [0.717, 1.165) is 12.1 Å². The molecule has 8 nitrogen and oxygen atoms in total. The van der Waals surface area contributed by atoms with E-state index in [9.17, 15) is 22.8 Å². The Labute approximate surface area is 186 Å². The van der Waals surface area contributed by atoms with Gasteiger partial charge in [-0.3, -0.25) is 9.59 Å². The molecular formula is C22H18F3N5O3. The van der Waals surface area contributed by atoms with Crippen LogP contribution >= 0.6 is 0 Å². The number of ether oxygens (including phenoxy) is 1. The molecule has 0 saturated carbocycles. The van der Waals surface area contributed by atoms with Crippen LogP contribution in [0.3, 0.4) is 0 Å². The fourth-order valence-electron chi connectivity index (χ4n) is 3.21. The van der Waals surface area contributed by atoms with Gasteiger partial charge in [0.15, 0.2) is 5.82 Å². The second-order valence-electron chi connectivity index (χ2n) is 7.25. The summed E-state index contributed by atoms with van der Waals surface area (Å²) < 4.78 is 43.6. The normalized spacial score (nSPS) is 15.7. The molecule has 4 rings (SSSR count). The van der Waals surface area contributed by atoms with E-state index in [4.69, 9.17) is 10.5 Å². The molecule has 2 amide bonds. The smallest absolute Gasteiger partial charge is 0.416 e. The number of benzene rings is 2. The van der Waals surface area contributed by atoms with E-state index in [1.54, 1.807) is 24.3 Å². The number of nitrogens with two attached hydrogens (primary N) is 1. The monoisotopic (exact) mass is 457 g/mol. The number of aromatic nitrogens is 2. The Hall–Kier alpha value is -4.15. The molecule has 0 aliphatic carbocycles. The van der Waals surface area contributed by atoms with Crippen molar-refractivity contribution in [3.8, 4) is 22.9 Å². The molecule has 2 aromatic carbocycles. The number of primary amides is 1. The minimum Gasteiger partial charge on any atom is -0.457 e. The first-order valence-corrected chi connectivity index (χ1v) is 9.88. The number of nitrogens with zero attached hydrogens (tertiary/aromatic N) is 2. The number of anilines is 1. The van der Waals surface area contributed by atoms with Crippen LogP contribution in [0.2, 0.25) is 0 Å². The molecule has 2 heterocycles. The third-order valence-corrected chi connectivity index (χ3v) is 4.88. The zero-order valence-electron chi connectivity index (χ0n) is 17.0. The van der Waals surface area contributed by atoms with Crippen LogP contribution in [0.1, 0.15) is 22.5 Å². The van der Waals surface area contributed by atoms with Crippen molar-refractivity contribution in [3.63, 3.8) is 0 Å². The summed E-state index contributed by atoms with van der Waals surface area (Å²) in [5.74, 6) is 0.184. The van der Waals surface area contributed by atoms with Crippen molar-refractivity contribution in [2.75, 3.05) is 11.9 Å². The summed E-state index contributed by atoms with van der Waals surface area (Å²) in [6.07, 6.45) is -3.85. The van der Waals surface area contributed by atoms with Gasteiger partial charge in [-0.05, 0) is 55.0 Å². The summed E-state index contributed by atoms with van der Waals surface area (Å²) in [5, 5.41) is 5.68. The number of carbonyl (C=O) groups excluding carboxylic acids is 2. The molecule has 4 N–H and O–H groups in total. The number of amides is 2. The number of hydrogen-bond donors (Lipinski definition) is 3. The van der Waals surface area contributed by atoms with Gasteiger partial charge in [0.1, 0.15) is 29.1 Å². The van der Waals surface area contributed by atoms with Gasteiger partial charge >= 0.3 is 6.18 Å². The van der Waals surface area contributed by atoms with Crippen LogP contribution in [0, 0.1) is 0 Å². The summed E-state index contributed by atoms with van der Waals surface area (Å²) in [6, 6.07) is 11.7. The van der Waals surface area contributed by atoms with Crippen molar-refractivity contribution in [2.45, 2.75) is 18.6 Å². The van der Waals surface area contributed by atoms with Gasteiger partial charge in [0.2, 0.25) is 5.91 Å². The molecule has 0 spiro atoms. The number of nitrogens with one attached hydrogen (secondary N) is 2.